The van der Waals surface area contributed by atoms with Crippen LogP contribution in [-0.2, 0) is 0 Å². The van der Waals surface area contributed by atoms with E-state index in [0.717, 1.165) is 0 Å². The van der Waals surface area contributed by atoms with Gasteiger partial charge in [0.15, 0.2) is 0 Å². The van der Waals surface area contributed by atoms with Crippen molar-refractivity contribution in [1.29, 1.82) is 0 Å². The molecule has 9 heavy (non-hydrogen) atoms. The molecule has 0 aromatic carbocycles. The molecule has 0 amide bonds. The molecule has 0 unspecified atom stereocenters. The maximum absolute atomic E-state index is 9.81. The lowest BCUT2D eigenvalue weighted by atomic mass is 9.97. The van der Waals surface area contributed by atoms with Gasteiger partial charge in [-0.2, -0.15) is 0 Å². The first-order valence-corrected chi connectivity index (χ1v) is 3.14. The third-order valence-electron chi connectivity index (χ3n) is 1.08. The van der Waals surface area contributed by atoms with E-state index in [1.165, 1.54) is 0 Å². The predicted octanol–water partition coefficient (Wildman–Crippen LogP) is 2.19. The van der Waals surface area contributed by atoms with Crippen molar-refractivity contribution >= 4 is 0 Å². The molecule has 0 saturated carbocycles. The Hall–Kier alpha value is -0.0400. The van der Waals surface area contributed by atoms with Crippen molar-refractivity contribution in [2.75, 3.05) is 0 Å². The largest absolute Gasteiger partial charge is 0.390 e. The molecule has 0 aliphatic carbocycles. The predicted molar refractivity (Wildman–Crippen MR) is 40.4 cm³/mol. The molecule has 0 aliphatic heterocycles. The van der Waals surface area contributed by atoms with Gasteiger partial charge in [0.1, 0.15) is 0 Å². The van der Waals surface area contributed by atoms with Crippen LogP contribution in [0.1, 0.15) is 48.6 Å². The monoisotopic (exact) mass is 136 g/mol. The zero-order chi connectivity index (χ0) is 12.5. The van der Waals surface area contributed by atoms with Gasteiger partial charge in [0.05, 0.1) is 5.60 Å². The minimum Gasteiger partial charge on any atom is -0.390 e. The molecule has 0 atom stereocenters. The molecule has 0 heterocycles. The molecule has 1 heteroatoms. The molecule has 0 saturated heterocycles. The maximum Gasteiger partial charge on any atom is 0.0591 e. The average Bonchev–Trinajstić information content (AvgIpc) is 1.95. The van der Waals surface area contributed by atoms with E-state index < -0.39 is 19.3 Å². The van der Waals surface area contributed by atoms with Crippen LogP contribution in [0.15, 0.2) is 0 Å². The molecular weight excluding hydrogens is 112 g/mol. The van der Waals surface area contributed by atoms with Crippen LogP contribution in [-0.4, -0.2) is 10.7 Å². The van der Waals surface area contributed by atoms with E-state index >= 15 is 0 Å². The van der Waals surface area contributed by atoms with Gasteiger partial charge in [-0.1, -0.05) is 13.8 Å². The van der Waals surface area contributed by atoms with Gasteiger partial charge in [0.25, 0.3) is 0 Å². The van der Waals surface area contributed by atoms with E-state index in [4.69, 9.17) is 8.22 Å². The van der Waals surface area contributed by atoms with Gasteiger partial charge in [-0.15, -0.1) is 0 Å². The van der Waals surface area contributed by atoms with Crippen molar-refractivity contribution in [2.24, 2.45) is 5.92 Å². The molecular formula is C8H18O. The summed E-state index contributed by atoms with van der Waals surface area (Å²) < 4.78 is 42.7. The van der Waals surface area contributed by atoms with Crippen LogP contribution < -0.4 is 0 Å². The van der Waals surface area contributed by atoms with Crippen LogP contribution >= 0.6 is 0 Å². The van der Waals surface area contributed by atoms with Crippen LogP contribution in [0.5, 0.6) is 0 Å². The van der Waals surface area contributed by atoms with Crippen molar-refractivity contribution in [2.45, 2.75) is 46.0 Å². The van der Waals surface area contributed by atoms with Gasteiger partial charge in [0.2, 0.25) is 0 Å². The van der Waals surface area contributed by atoms with Crippen molar-refractivity contribution in [3.8, 4) is 0 Å². The summed E-state index contributed by atoms with van der Waals surface area (Å²) in [5.41, 5.74) is -2.59. The Labute approximate surface area is 66.5 Å². The van der Waals surface area contributed by atoms with Crippen molar-refractivity contribution < 1.29 is 13.3 Å². The second-order valence-electron chi connectivity index (χ2n) is 2.79. The van der Waals surface area contributed by atoms with E-state index in [1.807, 2.05) is 13.8 Å². The quantitative estimate of drug-likeness (QED) is 0.630. The standard InChI is InChI=1S/C8H18O/c1-7(2)5-6-8(3,4)9/h7,9H,5-6H2,1-4H3/i3D3,4D3. The first-order valence-electron chi connectivity index (χ1n) is 6.14. The van der Waals surface area contributed by atoms with E-state index in [2.05, 4.69) is 0 Å². The molecule has 0 aromatic rings. The Morgan fingerprint density at radius 3 is 2.44 bits per heavy atom. The summed E-state index contributed by atoms with van der Waals surface area (Å²) in [5.74, 6) is 0.154. The summed E-state index contributed by atoms with van der Waals surface area (Å²) >= 11 is 0. The summed E-state index contributed by atoms with van der Waals surface area (Å²) in [6.45, 7) is -2.07. The Morgan fingerprint density at radius 2 is 2.11 bits per heavy atom. The second-order valence-corrected chi connectivity index (χ2v) is 2.79. The molecule has 56 valence electrons. The van der Waals surface area contributed by atoms with Gasteiger partial charge in [-0.3, -0.25) is 0 Å². The van der Waals surface area contributed by atoms with Gasteiger partial charge in [-0.25, -0.2) is 0 Å². The fourth-order valence-corrected chi connectivity index (χ4v) is 0.498. The first-order chi connectivity index (χ1) is 6.42. The van der Waals surface area contributed by atoms with E-state index in [0.29, 0.717) is 6.42 Å². The second kappa shape index (κ2) is 3.21. The van der Waals surface area contributed by atoms with E-state index in [1.54, 1.807) is 0 Å². The molecule has 1 nitrogen and oxygen atoms in total. The van der Waals surface area contributed by atoms with Crippen LogP contribution in [0, 0.1) is 5.92 Å². The van der Waals surface area contributed by atoms with Gasteiger partial charge < -0.3 is 5.11 Å². The van der Waals surface area contributed by atoms with Gasteiger partial charge in [0, 0.05) is 8.22 Å². The normalized spacial score (nSPS) is 25.3. The molecule has 0 bridgehead atoms. The maximum atomic E-state index is 9.81. The third-order valence-corrected chi connectivity index (χ3v) is 1.08. The van der Waals surface area contributed by atoms with Crippen LogP contribution in [0.3, 0.4) is 0 Å². The number of hydrogen-bond donors (Lipinski definition) is 1. The number of rotatable bonds is 3. The Bertz CT molecular complexity index is 190. The number of aliphatic hydroxyl groups is 1. The summed E-state index contributed by atoms with van der Waals surface area (Å²) in [6.07, 6.45) is 0.130. The fourth-order valence-electron chi connectivity index (χ4n) is 0.498. The van der Waals surface area contributed by atoms with Crippen LogP contribution in [0.25, 0.3) is 0 Å². The highest BCUT2D eigenvalue weighted by Crippen LogP contribution is 2.14. The van der Waals surface area contributed by atoms with Gasteiger partial charge >= 0.3 is 0 Å². The topological polar surface area (TPSA) is 20.2 Å². The van der Waals surface area contributed by atoms with Crippen molar-refractivity contribution in [3.63, 3.8) is 0 Å². The molecule has 0 radical (unpaired) electrons. The molecule has 0 aromatic heterocycles. The van der Waals surface area contributed by atoms with Gasteiger partial charge in [-0.05, 0) is 32.5 Å². The Kier molecular flexibility index (Phi) is 1.04. The average molecular weight is 136 g/mol. The van der Waals surface area contributed by atoms with Crippen molar-refractivity contribution in [1.82, 2.24) is 0 Å². The highest BCUT2D eigenvalue weighted by Gasteiger charge is 2.11. The Morgan fingerprint density at radius 1 is 1.56 bits per heavy atom. The smallest absolute Gasteiger partial charge is 0.0591 e. The summed E-state index contributed by atoms with van der Waals surface area (Å²) in [5, 5.41) is 9.81. The minimum atomic E-state index is -2.88. The zero-order valence-electron chi connectivity index (χ0n) is 11.9. The molecule has 0 aliphatic rings. The lowest BCUT2D eigenvalue weighted by Crippen LogP contribution is -2.18. The molecule has 1 N–H and O–H groups in total. The number of hydrogen-bond acceptors (Lipinski definition) is 1. The molecule has 0 spiro atoms. The van der Waals surface area contributed by atoms with Crippen LogP contribution in [0.2, 0.25) is 0 Å². The SMILES string of the molecule is [2H]C([2H])([2H])C(O)(CCC(C)C)C([2H])([2H])[2H]. The minimum absolute atomic E-state index is 0.154. The highest BCUT2D eigenvalue weighted by atomic mass is 16.3. The van der Waals surface area contributed by atoms with Crippen LogP contribution in [0.4, 0.5) is 0 Å². The Balaban J connectivity index is 4.90. The lowest BCUT2D eigenvalue weighted by Gasteiger charge is -2.17. The summed E-state index contributed by atoms with van der Waals surface area (Å²) in [7, 11) is 0. The lowest BCUT2D eigenvalue weighted by molar-refractivity contribution is 0.0650. The molecule has 0 fully saturated rings. The third kappa shape index (κ3) is 7.96. The van der Waals surface area contributed by atoms with E-state index in [-0.39, 0.29) is 12.3 Å². The summed E-state index contributed by atoms with van der Waals surface area (Å²) in [4.78, 5) is 0. The fraction of sp³-hybridized carbons (Fsp3) is 1.00. The highest BCUT2D eigenvalue weighted by molar-refractivity contribution is 4.65. The van der Waals surface area contributed by atoms with E-state index in [9.17, 15) is 5.11 Å². The molecule has 0 rings (SSSR count). The zero-order valence-corrected chi connectivity index (χ0v) is 5.94. The van der Waals surface area contributed by atoms with Crippen molar-refractivity contribution in [3.05, 3.63) is 0 Å². The first kappa shape index (κ1) is 2.91. The summed E-state index contributed by atoms with van der Waals surface area (Å²) in [6, 6.07) is 0.